The Morgan fingerprint density at radius 3 is 2.36 bits per heavy atom. The standard InChI is InChI=1S/C19H19BrO5/c1-22-16-7-5-4-6-13(16)8-9-19(21)25-12-14-10-18(24-3)15(20)11-17(14)23-2/h4-11H,12H2,1-3H3/b9-8+. The molecule has 0 aliphatic heterocycles. The minimum Gasteiger partial charge on any atom is -0.496 e. The smallest absolute Gasteiger partial charge is 0.331 e. The van der Waals surface area contributed by atoms with E-state index in [9.17, 15) is 4.79 Å². The molecule has 0 saturated heterocycles. The van der Waals surface area contributed by atoms with Gasteiger partial charge in [0, 0.05) is 17.2 Å². The summed E-state index contributed by atoms with van der Waals surface area (Å²) in [7, 11) is 4.71. The number of carbonyl (C=O) groups is 1. The third kappa shape index (κ3) is 5.00. The van der Waals surface area contributed by atoms with Gasteiger partial charge in [0.05, 0.1) is 25.8 Å². The maximum Gasteiger partial charge on any atom is 0.331 e. The Labute approximate surface area is 155 Å². The van der Waals surface area contributed by atoms with Crippen LogP contribution in [0.1, 0.15) is 11.1 Å². The third-order valence-corrected chi connectivity index (χ3v) is 4.08. The quantitative estimate of drug-likeness (QED) is 0.508. The maximum atomic E-state index is 12.0. The van der Waals surface area contributed by atoms with Gasteiger partial charge in [0.15, 0.2) is 0 Å². The zero-order valence-electron chi connectivity index (χ0n) is 14.2. The molecule has 0 unspecified atom stereocenters. The zero-order valence-corrected chi connectivity index (χ0v) is 15.8. The Morgan fingerprint density at radius 2 is 1.68 bits per heavy atom. The van der Waals surface area contributed by atoms with Gasteiger partial charge >= 0.3 is 5.97 Å². The fourth-order valence-corrected chi connectivity index (χ4v) is 2.68. The first-order valence-electron chi connectivity index (χ1n) is 7.47. The van der Waals surface area contributed by atoms with Gasteiger partial charge < -0.3 is 18.9 Å². The predicted octanol–water partition coefficient (Wildman–Crippen LogP) is 4.23. The van der Waals surface area contributed by atoms with Crippen LogP contribution in [0.15, 0.2) is 46.9 Å². The zero-order chi connectivity index (χ0) is 18.2. The van der Waals surface area contributed by atoms with E-state index in [0.29, 0.717) is 22.8 Å². The van der Waals surface area contributed by atoms with E-state index in [1.54, 1.807) is 39.5 Å². The van der Waals surface area contributed by atoms with E-state index in [1.807, 2.05) is 24.3 Å². The fraction of sp³-hybridized carbons (Fsp3) is 0.211. The van der Waals surface area contributed by atoms with Gasteiger partial charge in [-0.15, -0.1) is 0 Å². The highest BCUT2D eigenvalue weighted by molar-refractivity contribution is 9.10. The number of benzene rings is 2. The molecular formula is C19H19BrO5. The lowest BCUT2D eigenvalue weighted by atomic mass is 10.2. The van der Waals surface area contributed by atoms with E-state index in [1.165, 1.54) is 6.08 Å². The molecule has 0 amide bonds. The predicted molar refractivity (Wildman–Crippen MR) is 99.1 cm³/mol. The number of methoxy groups -OCH3 is 3. The summed E-state index contributed by atoms with van der Waals surface area (Å²) in [4.78, 5) is 12.0. The molecule has 0 fully saturated rings. The number of hydrogen-bond donors (Lipinski definition) is 0. The van der Waals surface area contributed by atoms with Gasteiger partial charge in [0.1, 0.15) is 23.9 Å². The van der Waals surface area contributed by atoms with Crippen LogP contribution in [0.4, 0.5) is 0 Å². The number of halogens is 1. The first-order chi connectivity index (χ1) is 12.1. The summed E-state index contributed by atoms with van der Waals surface area (Å²) in [6.45, 7) is 0.0713. The lowest BCUT2D eigenvalue weighted by molar-refractivity contribution is -0.138. The number of esters is 1. The van der Waals surface area contributed by atoms with E-state index >= 15 is 0 Å². The van der Waals surface area contributed by atoms with Crippen molar-refractivity contribution in [1.82, 2.24) is 0 Å². The van der Waals surface area contributed by atoms with Crippen molar-refractivity contribution in [3.05, 3.63) is 58.1 Å². The van der Waals surface area contributed by atoms with Crippen LogP contribution >= 0.6 is 15.9 Å². The minimum atomic E-state index is -0.463. The van der Waals surface area contributed by atoms with Crippen molar-refractivity contribution >= 4 is 28.0 Å². The van der Waals surface area contributed by atoms with Gasteiger partial charge in [-0.2, -0.15) is 0 Å². The molecule has 0 saturated carbocycles. The molecule has 0 spiro atoms. The first-order valence-corrected chi connectivity index (χ1v) is 8.26. The molecule has 0 radical (unpaired) electrons. The molecule has 2 aromatic carbocycles. The molecule has 0 atom stereocenters. The minimum absolute atomic E-state index is 0.0713. The maximum absolute atomic E-state index is 12.0. The molecule has 2 rings (SSSR count). The van der Waals surface area contributed by atoms with Crippen molar-refractivity contribution < 1.29 is 23.7 Å². The van der Waals surface area contributed by atoms with Gasteiger partial charge in [-0.1, -0.05) is 18.2 Å². The Kier molecular flexibility index (Phi) is 6.89. The lowest BCUT2D eigenvalue weighted by Crippen LogP contribution is -2.03. The Morgan fingerprint density at radius 1 is 1.00 bits per heavy atom. The Balaban J connectivity index is 2.06. The van der Waals surface area contributed by atoms with Crippen LogP contribution in [0.3, 0.4) is 0 Å². The van der Waals surface area contributed by atoms with E-state index in [4.69, 9.17) is 18.9 Å². The van der Waals surface area contributed by atoms with Crippen molar-refractivity contribution in [2.24, 2.45) is 0 Å². The largest absolute Gasteiger partial charge is 0.496 e. The van der Waals surface area contributed by atoms with Crippen LogP contribution in [0.25, 0.3) is 6.08 Å². The SMILES string of the molecule is COc1cc(COC(=O)/C=C/c2ccccc2OC)c(OC)cc1Br. The highest BCUT2D eigenvalue weighted by atomic mass is 79.9. The Bertz CT molecular complexity index is 770. The number of carbonyl (C=O) groups excluding carboxylic acids is 1. The number of ether oxygens (including phenoxy) is 4. The van der Waals surface area contributed by atoms with Crippen LogP contribution < -0.4 is 14.2 Å². The molecule has 5 nitrogen and oxygen atoms in total. The van der Waals surface area contributed by atoms with Crippen molar-refractivity contribution in [2.75, 3.05) is 21.3 Å². The average Bonchev–Trinajstić information content (AvgIpc) is 2.65. The molecule has 2 aromatic rings. The van der Waals surface area contributed by atoms with Gasteiger partial charge in [-0.25, -0.2) is 4.79 Å². The van der Waals surface area contributed by atoms with Crippen molar-refractivity contribution in [2.45, 2.75) is 6.61 Å². The summed E-state index contributed by atoms with van der Waals surface area (Å²) in [5.74, 6) is 1.46. The summed E-state index contributed by atoms with van der Waals surface area (Å²) in [5.41, 5.74) is 1.51. The lowest BCUT2D eigenvalue weighted by Gasteiger charge is -2.12. The fourth-order valence-electron chi connectivity index (χ4n) is 2.20. The molecule has 0 aliphatic carbocycles. The first kappa shape index (κ1) is 18.9. The topological polar surface area (TPSA) is 54.0 Å². The van der Waals surface area contributed by atoms with Crippen LogP contribution in [0.5, 0.6) is 17.2 Å². The molecule has 0 bridgehead atoms. The molecular weight excluding hydrogens is 388 g/mol. The summed E-state index contributed by atoms with van der Waals surface area (Å²) in [5, 5.41) is 0. The molecule has 132 valence electrons. The normalized spacial score (nSPS) is 10.6. The summed E-state index contributed by atoms with van der Waals surface area (Å²) < 4.78 is 21.8. The van der Waals surface area contributed by atoms with E-state index in [0.717, 1.165) is 10.0 Å². The molecule has 0 N–H and O–H groups in total. The number of hydrogen-bond acceptors (Lipinski definition) is 5. The molecule has 25 heavy (non-hydrogen) atoms. The van der Waals surface area contributed by atoms with E-state index in [2.05, 4.69) is 15.9 Å². The molecule has 0 aromatic heterocycles. The van der Waals surface area contributed by atoms with Crippen LogP contribution in [-0.2, 0) is 16.1 Å². The monoisotopic (exact) mass is 406 g/mol. The van der Waals surface area contributed by atoms with Gasteiger partial charge in [0.2, 0.25) is 0 Å². The second-order valence-corrected chi connectivity index (χ2v) is 5.84. The average molecular weight is 407 g/mol. The summed E-state index contributed by atoms with van der Waals surface area (Å²) in [6, 6.07) is 10.9. The van der Waals surface area contributed by atoms with Gasteiger partial charge in [-0.05, 0) is 40.2 Å². The summed E-state index contributed by atoms with van der Waals surface area (Å²) in [6.07, 6.45) is 3.01. The number of rotatable bonds is 7. The molecule has 0 aliphatic rings. The van der Waals surface area contributed by atoms with E-state index in [-0.39, 0.29) is 6.61 Å². The summed E-state index contributed by atoms with van der Waals surface area (Å²) >= 11 is 3.39. The van der Waals surface area contributed by atoms with Gasteiger partial charge in [0.25, 0.3) is 0 Å². The second kappa shape index (κ2) is 9.13. The highest BCUT2D eigenvalue weighted by Crippen LogP contribution is 2.33. The second-order valence-electron chi connectivity index (χ2n) is 4.98. The van der Waals surface area contributed by atoms with Crippen molar-refractivity contribution in [3.63, 3.8) is 0 Å². The van der Waals surface area contributed by atoms with Gasteiger partial charge in [-0.3, -0.25) is 0 Å². The van der Waals surface area contributed by atoms with Crippen LogP contribution in [-0.4, -0.2) is 27.3 Å². The highest BCUT2D eigenvalue weighted by Gasteiger charge is 2.11. The van der Waals surface area contributed by atoms with E-state index < -0.39 is 5.97 Å². The number of para-hydroxylation sites is 1. The molecule has 6 heteroatoms. The van der Waals surface area contributed by atoms with Crippen LogP contribution in [0.2, 0.25) is 0 Å². The third-order valence-electron chi connectivity index (χ3n) is 3.46. The Hall–Kier alpha value is -2.47. The van der Waals surface area contributed by atoms with Crippen molar-refractivity contribution in [3.8, 4) is 17.2 Å². The van der Waals surface area contributed by atoms with Crippen molar-refractivity contribution in [1.29, 1.82) is 0 Å². The molecule has 0 heterocycles. The van der Waals surface area contributed by atoms with Crippen LogP contribution in [0, 0.1) is 0 Å².